The van der Waals surface area contributed by atoms with Crippen LogP contribution in [0.25, 0.3) is 0 Å². The van der Waals surface area contributed by atoms with Crippen molar-refractivity contribution in [2.45, 2.75) is 50.3 Å². The molecule has 0 bridgehead atoms. The first-order valence-corrected chi connectivity index (χ1v) is 8.76. The van der Waals surface area contributed by atoms with Gasteiger partial charge < -0.3 is 10.1 Å². The monoisotopic (exact) mass is 312 g/mol. The lowest BCUT2D eigenvalue weighted by molar-refractivity contribution is 0.122. The second kappa shape index (κ2) is 6.87. The number of benzene rings is 1. The summed E-state index contributed by atoms with van der Waals surface area (Å²) in [7, 11) is -1.94. The number of sulfonamides is 1. The zero-order valence-corrected chi connectivity index (χ0v) is 13.7. The van der Waals surface area contributed by atoms with Crippen LogP contribution in [0, 0.1) is 6.92 Å². The molecule has 0 saturated heterocycles. The van der Waals surface area contributed by atoms with E-state index < -0.39 is 10.0 Å². The van der Waals surface area contributed by atoms with Crippen molar-refractivity contribution in [3.05, 3.63) is 29.3 Å². The Morgan fingerprint density at radius 2 is 2.10 bits per heavy atom. The molecule has 1 unspecified atom stereocenters. The van der Waals surface area contributed by atoms with E-state index in [0.717, 1.165) is 11.1 Å². The van der Waals surface area contributed by atoms with E-state index in [1.807, 2.05) is 26.0 Å². The summed E-state index contributed by atoms with van der Waals surface area (Å²) in [6.07, 6.45) is 2.28. The summed E-state index contributed by atoms with van der Waals surface area (Å²) in [5.41, 5.74) is 1.75. The first-order valence-electron chi connectivity index (χ1n) is 7.27. The van der Waals surface area contributed by atoms with E-state index in [0.29, 0.717) is 17.5 Å². The minimum Gasteiger partial charge on any atom is -0.380 e. The molecule has 0 amide bonds. The van der Waals surface area contributed by atoms with Gasteiger partial charge in [0.05, 0.1) is 11.0 Å². The zero-order chi connectivity index (χ0) is 15.5. The predicted octanol–water partition coefficient (Wildman–Crippen LogP) is 1.56. The highest BCUT2D eigenvalue weighted by Crippen LogP contribution is 2.21. The highest BCUT2D eigenvalue weighted by Gasteiger charge is 2.21. The fraction of sp³-hybridized carbons (Fsp3) is 0.600. The molecule has 2 rings (SSSR count). The first-order chi connectivity index (χ1) is 9.92. The number of methoxy groups -OCH3 is 1. The average molecular weight is 312 g/mol. The molecule has 118 valence electrons. The molecule has 0 aromatic heterocycles. The van der Waals surface area contributed by atoms with Crippen LogP contribution in [0.2, 0.25) is 0 Å². The van der Waals surface area contributed by atoms with E-state index in [2.05, 4.69) is 10.0 Å². The van der Waals surface area contributed by atoms with Gasteiger partial charge in [-0.15, -0.1) is 0 Å². The maximum Gasteiger partial charge on any atom is 0.240 e. The lowest BCUT2D eigenvalue weighted by Crippen LogP contribution is -2.32. The summed E-state index contributed by atoms with van der Waals surface area (Å²) in [5.74, 6) is 0. The first kappa shape index (κ1) is 16.4. The molecular weight excluding hydrogens is 288 g/mol. The summed E-state index contributed by atoms with van der Waals surface area (Å²) in [6.45, 7) is 4.61. The molecule has 2 N–H and O–H groups in total. The van der Waals surface area contributed by atoms with Crippen molar-refractivity contribution >= 4 is 10.0 Å². The maximum atomic E-state index is 12.4. The maximum absolute atomic E-state index is 12.4. The quantitative estimate of drug-likeness (QED) is 0.764. The van der Waals surface area contributed by atoms with Crippen LogP contribution < -0.4 is 10.0 Å². The third kappa shape index (κ3) is 4.78. The van der Waals surface area contributed by atoms with Gasteiger partial charge >= 0.3 is 0 Å². The molecule has 1 saturated carbocycles. The van der Waals surface area contributed by atoms with E-state index >= 15 is 0 Å². The van der Waals surface area contributed by atoms with Crippen LogP contribution in [0.1, 0.15) is 30.9 Å². The largest absolute Gasteiger partial charge is 0.380 e. The Bertz CT molecular complexity index is 583. The smallest absolute Gasteiger partial charge is 0.240 e. The van der Waals surface area contributed by atoms with Crippen molar-refractivity contribution in [2.75, 3.05) is 13.7 Å². The Kier molecular flexibility index (Phi) is 5.37. The van der Waals surface area contributed by atoms with Gasteiger partial charge in [-0.3, -0.25) is 0 Å². The van der Waals surface area contributed by atoms with Crippen molar-refractivity contribution in [2.24, 2.45) is 0 Å². The number of nitrogens with one attached hydrogen (secondary N) is 2. The third-order valence-electron chi connectivity index (χ3n) is 3.68. The second-order valence-corrected chi connectivity index (χ2v) is 7.39. The predicted molar refractivity (Wildman–Crippen MR) is 82.7 cm³/mol. The molecule has 1 aromatic rings. The molecule has 0 spiro atoms. The number of hydrogen-bond acceptors (Lipinski definition) is 4. The zero-order valence-electron chi connectivity index (χ0n) is 12.8. The minimum absolute atomic E-state index is 0.153. The van der Waals surface area contributed by atoms with Crippen molar-refractivity contribution in [3.63, 3.8) is 0 Å². The van der Waals surface area contributed by atoms with Crippen LogP contribution in [0.3, 0.4) is 0 Å². The molecule has 1 atom stereocenters. The van der Waals surface area contributed by atoms with E-state index in [9.17, 15) is 8.42 Å². The number of aryl methyl sites for hydroxylation is 1. The normalized spacial score (nSPS) is 16.9. The van der Waals surface area contributed by atoms with Gasteiger partial charge in [-0.05, 0) is 43.9 Å². The Balaban J connectivity index is 2.10. The van der Waals surface area contributed by atoms with Gasteiger partial charge in [0.2, 0.25) is 10.0 Å². The standard InChI is InChI=1S/C15H24N2O3S/c1-11-4-5-13(10-16-14-6-7-14)8-15(11)21(18,19)17-9-12(2)20-3/h4-5,8,12,14,16-17H,6-7,9-10H2,1-3H3. The molecule has 1 aliphatic carbocycles. The van der Waals surface area contributed by atoms with E-state index in [-0.39, 0.29) is 12.6 Å². The molecule has 5 nitrogen and oxygen atoms in total. The lowest BCUT2D eigenvalue weighted by atomic mass is 10.1. The van der Waals surface area contributed by atoms with E-state index in [1.54, 1.807) is 13.2 Å². The highest BCUT2D eigenvalue weighted by atomic mass is 32.2. The Morgan fingerprint density at radius 1 is 1.38 bits per heavy atom. The molecule has 21 heavy (non-hydrogen) atoms. The molecule has 0 heterocycles. The van der Waals surface area contributed by atoms with Gasteiger partial charge in [-0.2, -0.15) is 0 Å². The van der Waals surface area contributed by atoms with Gasteiger partial charge in [0.15, 0.2) is 0 Å². The van der Waals surface area contributed by atoms with Crippen LogP contribution in [0.15, 0.2) is 23.1 Å². The van der Waals surface area contributed by atoms with Crippen molar-refractivity contribution < 1.29 is 13.2 Å². The Labute approximate surface area is 127 Å². The molecule has 6 heteroatoms. The van der Waals surface area contributed by atoms with Crippen molar-refractivity contribution in [3.8, 4) is 0 Å². The summed E-state index contributed by atoms with van der Waals surface area (Å²) >= 11 is 0. The van der Waals surface area contributed by atoms with Gasteiger partial charge in [0, 0.05) is 26.2 Å². The second-order valence-electron chi connectivity index (χ2n) is 5.65. The highest BCUT2D eigenvalue weighted by molar-refractivity contribution is 7.89. The minimum atomic E-state index is -3.50. The number of rotatable bonds is 8. The third-order valence-corrected chi connectivity index (χ3v) is 5.24. The van der Waals surface area contributed by atoms with Gasteiger partial charge in [0.25, 0.3) is 0 Å². The fourth-order valence-electron chi connectivity index (χ4n) is 1.98. The van der Waals surface area contributed by atoms with Crippen LogP contribution in [0.4, 0.5) is 0 Å². The van der Waals surface area contributed by atoms with Gasteiger partial charge in [-0.1, -0.05) is 12.1 Å². The van der Waals surface area contributed by atoms with Gasteiger partial charge in [-0.25, -0.2) is 13.1 Å². The topological polar surface area (TPSA) is 67.4 Å². The molecule has 1 aromatic carbocycles. The summed E-state index contributed by atoms with van der Waals surface area (Å²) in [4.78, 5) is 0.348. The molecular formula is C15H24N2O3S. The van der Waals surface area contributed by atoms with Crippen LogP contribution in [-0.2, 0) is 21.3 Å². The number of hydrogen-bond donors (Lipinski definition) is 2. The Morgan fingerprint density at radius 3 is 2.71 bits per heavy atom. The SMILES string of the molecule is COC(C)CNS(=O)(=O)c1cc(CNC2CC2)ccc1C. The molecule has 0 radical (unpaired) electrons. The summed E-state index contributed by atoms with van der Waals surface area (Å²) in [6, 6.07) is 6.19. The Hall–Kier alpha value is -0.950. The number of ether oxygens (including phenoxy) is 1. The average Bonchev–Trinajstić information content (AvgIpc) is 3.28. The van der Waals surface area contributed by atoms with E-state index in [4.69, 9.17) is 4.74 Å². The van der Waals surface area contributed by atoms with Crippen LogP contribution in [0.5, 0.6) is 0 Å². The van der Waals surface area contributed by atoms with Gasteiger partial charge in [0.1, 0.15) is 0 Å². The van der Waals surface area contributed by atoms with Crippen LogP contribution >= 0.6 is 0 Å². The summed E-state index contributed by atoms with van der Waals surface area (Å²) in [5, 5.41) is 3.40. The van der Waals surface area contributed by atoms with E-state index in [1.165, 1.54) is 12.8 Å². The summed E-state index contributed by atoms with van der Waals surface area (Å²) < 4.78 is 32.4. The fourth-order valence-corrected chi connectivity index (χ4v) is 3.39. The molecule has 1 aliphatic rings. The van der Waals surface area contributed by atoms with Crippen molar-refractivity contribution in [1.82, 2.24) is 10.0 Å². The molecule has 1 fully saturated rings. The van der Waals surface area contributed by atoms with Crippen molar-refractivity contribution in [1.29, 1.82) is 0 Å². The lowest BCUT2D eigenvalue weighted by Gasteiger charge is -2.14. The van der Waals surface area contributed by atoms with Crippen LogP contribution in [-0.4, -0.2) is 34.2 Å². The molecule has 0 aliphatic heterocycles.